The maximum absolute atomic E-state index is 12.2. The summed E-state index contributed by atoms with van der Waals surface area (Å²) in [5.41, 5.74) is 1.11. The van der Waals surface area contributed by atoms with Crippen molar-refractivity contribution in [1.29, 1.82) is 5.26 Å². The molecule has 33 heavy (non-hydrogen) atoms. The van der Waals surface area contributed by atoms with Gasteiger partial charge in [-0.15, -0.1) is 0 Å². The zero-order valence-corrected chi connectivity index (χ0v) is 19.1. The summed E-state index contributed by atoms with van der Waals surface area (Å²) in [4.78, 5) is 22.8. The average molecular weight is 449 g/mol. The van der Waals surface area contributed by atoms with Crippen molar-refractivity contribution in [2.45, 2.75) is 39.2 Å². The van der Waals surface area contributed by atoms with Gasteiger partial charge in [0.1, 0.15) is 17.2 Å². The third kappa shape index (κ3) is 5.52. The molecule has 0 atom stereocenters. The zero-order valence-electron chi connectivity index (χ0n) is 19.1. The van der Waals surface area contributed by atoms with Gasteiger partial charge >= 0.3 is 6.09 Å². The standard InChI is InChI=1S/C24H28N6O3/c1-24(2,3)33-23(31)30-12-9-16(10-13-30)15-27-22-26-11-8-18(29-22)17(14-25)21-28-19-6-4-5-7-20(19)32-21/h4-8,11,16,28H,9-10,12-13,15H2,1-3H3,(H,26,27,29). The zero-order chi connectivity index (χ0) is 23.4. The number of aromatic nitrogens is 2. The SMILES string of the molecule is CC(C)(C)OC(=O)N1CCC(CNc2nccc(C(C#N)=C3Nc4ccccc4O3)n2)CC1. The summed E-state index contributed by atoms with van der Waals surface area (Å²) in [6.45, 7) is 7.63. The van der Waals surface area contributed by atoms with Crippen LogP contribution in [0.25, 0.3) is 5.57 Å². The molecular formula is C24H28N6O3. The van der Waals surface area contributed by atoms with Crippen molar-refractivity contribution < 1.29 is 14.3 Å². The van der Waals surface area contributed by atoms with Gasteiger partial charge in [-0.1, -0.05) is 12.1 Å². The Morgan fingerprint density at radius 3 is 2.76 bits per heavy atom. The Bertz CT molecular complexity index is 1070. The molecule has 0 bridgehead atoms. The number of ether oxygens (including phenoxy) is 2. The fourth-order valence-electron chi connectivity index (χ4n) is 3.72. The molecule has 1 aromatic carbocycles. The highest BCUT2D eigenvalue weighted by Gasteiger charge is 2.27. The van der Waals surface area contributed by atoms with Gasteiger partial charge in [0.25, 0.3) is 0 Å². The number of amides is 1. The molecule has 0 radical (unpaired) electrons. The third-order valence-electron chi connectivity index (χ3n) is 5.41. The highest BCUT2D eigenvalue weighted by Crippen LogP contribution is 2.35. The number of anilines is 2. The molecule has 1 saturated heterocycles. The monoisotopic (exact) mass is 448 g/mol. The second-order valence-electron chi connectivity index (χ2n) is 9.10. The normalized spacial score (nSPS) is 17.3. The van der Waals surface area contributed by atoms with Crippen LogP contribution in [0, 0.1) is 17.2 Å². The number of benzene rings is 1. The van der Waals surface area contributed by atoms with Gasteiger partial charge in [-0.2, -0.15) is 5.26 Å². The minimum Gasteiger partial charge on any atom is -0.444 e. The van der Waals surface area contributed by atoms with Crippen LogP contribution in [0.1, 0.15) is 39.3 Å². The Kier molecular flexibility index (Phi) is 6.36. The van der Waals surface area contributed by atoms with Crippen LogP contribution in [0.3, 0.4) is 0 Å². The molecule has 2 aromatic rings. The van der Waals surface area contributed by atoms with E-state index in [-0.39, 0.29) is 6.09 Å². The maximum Gasteiger partial charge on any atom is 0.410 e. The van der Waals surface area contributed by atoms with Crippen molar-refractivity contribution in [3.63, 3.8) is 0 Å². The quantitative estimate of drug-likeness (QED) is 0.668. The Morgan fingerprint density at radius 1 is 1.30 bits per heavy atom. The number of likely N-dealkylation sites (tertiary alicyclic amines) is 1. The van der Waals surface area contributed by atoms with Crippen LogP contribution in [0.2, 0.25) is 0 Å². The van der Waals surface area contributed by atoms with Gasteiger partial charge < -0.3 is 25.0 Å². The van der Waals surface area contributed by atoms with Crippen molar-refractivity contribution in [3.05, 3.63) is 48.1 Å². The van der Waals surface area contributed by atoms with Crippen molar-refractivity contribution in [3.8, 4) is 11.8 Å². The molecule has 1 aromatic heterocycles. The Labute approximate surface area is 193 Å². The molecule has 172 valence electrons. The molecule has 0 unspecified atom stereocenters. The van der Waals surface area contributed by atoms with Crippen molar-refractivity contribution in [2.75, 3.05) is 30.3 Å². The number of carbonyl (C=O) groups excluding carboxylic acids is 1. The lowest BCUT2D eigenvalue weighted by molar-refractivity contribution is 0.0188. The fourth-order valence-corrected chi connectivity index (χ4v) is 3.72. The Hall–Kier alpha value is -3.80. The number of nitrogens with zero attached hydrogens (tertiary/aromatic N) is 4. The number of allylic oxidation sites excluding steroid dienone is 1. The molecule has 1 amide bonds. The first-order valence-corrected chi connectivity index (χ1v) is 11.1. The molecule has 9 nitrogen and oxygen atoms in total. The lowest BCUT2D eigenvalue weighted by atomic mass is 9.97. The van der Waals surface area contributed by atoms with E-state index in [0.717, 1.165) is 18.5 Å². The van der Waals surface area contributed by atoms with Gasteiger partial charge in [0, 0.05) is 25.8 Å². The number of hydrogen-bond acceptors (Lipinski definition) is 8. The molecule has 4 rings (SSSR count). The van der Waals surface area contributed by atoms with Crippen LogP contribution in [0.4, 0.5) is 16.4 Å². The fraction of sp³-hybridized carbons (Fsp3) is 0.417. The molecule has 2 aliphatic rings. The van der Waals surface area contributed by atoms with E-state index in [4.69, 9.17) is 9.47 Å². The number of nitriles is 1. The van der Waals surface area contributed by atoms with Gasteiger partial charge in [-0.05, 0) is 57.7 Å². The molecule has 0 saturated carbocycles. The predicted molar refractivity (Wildman–Crippen MR) is 124 cm³/mol. The van der Waals surface area contributed by atoms with Crippen LogP contribution in [0.15, 0.2) is 42.4 Å². The average Bonchev–Trinajstić information content (AvgIpc) is 3.21. The first-order valence-electron chi connectivity index (χ1n) is 11.1. The van der Waals surface area contributed by atoms with E-state index < -0.39 is 5.60 Å². The van der Waals surface area contributed by atoms with Crippen molar-refractivity contribution >= 4 is 23.3 Å². The molecule has 9 heteroatoms. The molecule has 0 aliphatic carbocycles. The van der Waals surface area contributed by atoms with E-state index >= 15 is 0 Å². The summed E-state index contributed by atoms with van der Waals surface area (Å²) < 4.78 is 11.2. The lowest BCUT2D eigenvalue weighted by Crippen LogP contribution is -2.42. The molecule has 2 N–H and O–H groups in total. The van der Waals surface area contributed by atoms with E-state index in [1.807, 2.05) is 45.0 Å². The van der Waals surface area contributed by atoms with E-state index in [9.17, 15) is 10.1 Å². The van der Waals surface area contributed by atoms with Crippen molar-refractivity contribution in [1.82, 2.24) is 14.9 Å². The first kappa shape index (κ1) is 22.4. The summed E-state index contributed by atoms with van der Waals surface area (Å²) in [6.07, 6.45) is 3.10. The summed E-state index contributed by atoms with van der Waals surface area (Å²) in [5.74, 6) is 1.87. The third-order valence-corrected chi connectivity index (χ3v) is 5.41. The predicted octanol–water partition coefficient (Wildman–Crippen LogP) is 4.23. The first-order chi connectivity index (χ1) is 15.8. The number of carbonyl (C=O) groups is 1. The summed E-state index contributed by atoms with van der Waals surface area (Å²) in [7, 11) is 0. The van der Waals surface area contributed by atoms with Crippen LogP contribution >= 0.6 is 0 Å². The summed E-state index contributed by atoms with van der Waals surface area (Å²) in [6, 6.07) is 11.4. The molecular weight excluding hydrogens is 420 g/mol. The summed E-state index contributed by atoms with van der Waals surface area (Å²) >= 11 is 0. The molecule has 3 heterocycles. The number of para-hydroxylation sites is 2. The van der Waals surface area contributed by atoms with Gasteiger partial charge in [0.2, 0.25) is 11.8 Å². The Balaban J connectivity index is 1.35. The lowest BCUT2D eigenvalue weighted by Gasteiger charge is -2.33. The Morgan fingerprint density at radius 2 is 2.06 bits per heavy atom. The van der Waals surface area contributed by atoms with E-state index in [1.165, 1.54) is 0 Å². The van der Waals surface area contributed by atoms with Gasteiger partial charge in [0.15, 0.2) is 5.75 Å². The smallest absolute Gasteiger partial charge is 0.410 e. The van der Waals surface area contributed by atoms with Gasteiger partial charge in [-0.25, -0.2) is 14.8 Å². The second kappa shape index (κ2) is 9.36. The summed E-state index contributed by atoms with van der Waals surface area (Å²) in [5, 5.41) is 16.1. The van der Waals surface area contributed by atoms with Crippen molar-refractivity contribution in [2.24, 2.45) is 5.92 Å². The molecule has 0 spiro atoms. The number of piperidine rings is 1. The van der Waals surface area contributed by atoms with E-state index in [0.29, 0.717) is 54.4 Å². The largest absolute Gasteiger partial charge is 0.444 e. The molecule has 2 aliphatic heterocycles. The number of nitrogens with one attached hydrogen (secondary N) is 2. The van der Waals surface area contributed by atoms with E-state index in [2.05, 4.69) is 26.7 Å². The van der Waals surface area contributed by atoms with E-state index in [1.54, 1.807) is 17.2 Å². The number of rotatable bonds is 4. The van der Waals surface area contributed by atoms with Crippen LogP contribution in [-0.4, -0.2) is 46.2 Å². The maximum atomic E-state index is 12.2. The minimum atomic E-state index is -0.489. The number of hydrogen-bond donors (Lipinski definition) is 2. The van der Waals surface area contributed by atoms with Gasteiger partial charge in [0.05, 0.1) is 11.4 Å². The molecule has 1 fully saturated rings. The van der Waals surface area contributed by atoms with Gasteiger partial charge in [-0.3, -0.25) is 0 Å². The minimum absolute atomic E-state index is 0.257. The van der Waals surface area contributed by atoms with Crippen LogP contribution < -0.4 is 15.4 Å². The highest BCUT2D eigenvalue weighted by atomic mass is 16.6. The highest BCUT2D eigenvalue weighted by molar-refractivity contribution is 5.81. The van der Waals surface area contributed by atoms with Crippen LogP contribution in [-0.2, 0) is 4.74 Å². The van der Waals surface area contributed by atoms with Crippen LogP contribution in [0.5, 0.6) is 5.75 Å². The number of fused-ring (bicyclic) bond motifs is 1. The topological polar surface area (TPSA) is 112 Å². The second-order valence-corrected chi connectivity index (χ2v) is 9.10.